The van der Waals surface area contributed by atoms with Crippen molar-refractivity contribution in [1.29, 1.82) is 5.41 Å². The molecule has 0 aromatic carbocycles. The molecule has 84 valence electrons. The van der Waals surface area contributed by atoms with E-state index in [-0.39, 0.29) is 11.3 Å². The van der Waals surface area contributed by atoms with Crippen molar-refractivity contribution < 1.29 is 13.5 Å². The second-order valence-corrected chi connectivity index (χ2v) is 3.87. The van der Waals surface area contributed by atoms with Crippen molar-refractivity contribution in [3.8, 4) is 0 Å². The number of nitrogens with one attached hydrogen (secondary N) is 1. The second kappa shape index (κ2) is 5.90. The molecule has 0 heterocycles. The molecular formula is C9H18F2N2O. The quantitative estimate of drug-likeness (QED) is 0.382. The summed E-state index contributed by atoms with van der Waals surface area (Å²) >= 11 is 0. The number of nitrogens with two attached hydrogens (primary N) is 1. The first-order valence-corrected chi connectivity index (χ1v) is 4.56. The van der Waals surface area contributed by atoms with Crippen LogP contribution >= 0.6 is 0 Å². The van der Waals surface area contributed by atoms with Crippen LogP contribution in [-0.2, 0) is 4.74 Å². The molecule has 0 radical (unpaired) electrons. The molecule has 0 aliphatic carbocycles. The van der Waals surface area contributed by atoms with Crippen LogP contribution in [0.5, 0.6) is 0 Å². The van der Waals surface area contributed by atoms with Gasteiger partial charge in [0, 0.05) is 12.0 Å². The van der Waals surface area contributed by atoms with Crippen LogP contribution in [0.4, 0.5) is 8.78 Å². The van der Waals surface area contributed by atoms with Gasteiger partial charge in [-0.1, -0.05) is 13.8 Å². The van der Waals surface area contributed by atoms with Gasteiger partial charge in [0.2, 0.25) is 0 Å². The van der Waals surface area contributed by atoms with E-state index in [9.17, 15) is 8.78 Å². The molecule has 0 spiro atoms. The molecule has 0 aromatic heterocycles. The van der Waals surface area contributed by atoms with Crippen molar-refractivity contribution >= 4 is 5.84 Å². The van der Waals surface area contributed by atoms with Gasteiger partial charge >= 0.3 is 0 Å². The summed E-state index contributed by atoms with van der Waals surface area (Å²) in [5, 5.41) is 7.26. The Morgan fingerprint density at radius 1 is 1.50 bits per heavy atom. The summed E-state index contributed by atoms with van der Waals surface area (Å²) in [6.07, 6.45) is -1.10. The van der Waals surface area contributed by atoms with Gasteiger partial charge in [-0.05, 0) is 12.8 Å². The third-order valence-electron chi connectivity index (χ3n) is 2.06. The number of rotatable bonds is 7. The molecule has 3 N–H and O–H groups in total. The van der Waals surface area contributed by atoms with Crippen molar-refractivity contribution in [2.45, 2.75) is 33.1 Å². The van der Waals surface area contributed by atoms with E-state index in [1.165, 1.54) is 0 Å². The lowest BCUT2D eigenvalue weighted by atomic mass is 9.87. The van der Waals surface area contributed by atoms with Gasteiger partial charge in [0.1, 0.15) is 6.61 Å². The maximum atomic E-state index is 11.6. The highest BCUT2D eigenvalue weighted by atomic mass is 19.3. The molecule has 0 aliphatic rings. The summed E-state index contributed by atoms with van der Waals surface area (Å²) in [7, 11) is 0. The molecule has 5 heteroatoms. The van der Waals surface area contributed by atoms with E-state index in [0.29, 0.717) is 19.4 Å². The van der Waals surface area contributed by atoms with Gasteiger partial charge in [-0.25, -0.2) is 8.78 Å². The predicted octanol–water partition coefficient (Wildman–Crippen LogP) is 2.01. The van der Waals surface area contributed by atoms with Gasteiger partial charge in [-0.3, -0.25) is 5.41 Å². The minimum atomic E-state index is -2.41. The van der Waals surface area contributed by atoms with E-state index < -0.39 is 13.0 Å². The van der Waals surface area contributed by atoms with Gasteiger partial charge in [0.05, 0.1) is 5.84 Å². The van der Waals surface area contributed by atoms with E-state index in [4.69, 9.17) is 15.9 Å². The minimum Gasteiger partial charge on any atom is -0.387 e. The SMILES string of the molecule is CC(C)(CCCOCC(F)F)C(=N)N. The minimum absolute atomic E-state index is 0.117. The number of ether oxygens (including phenoxy) is 1. The topological polar surface area (TPSA) is 59.1 Å². The summed E-state index contributed by atoms with van der Waals surface area (Å²) < 4.78 is 28.0. The number of alkyl halides is 2. The third kappa shape index (κ3) is 5.85. The lowest BCUT2D eigenvalue weighted by molar-refractivity contribution is 0.0150. The lowest BCUT2D eigenvalue weighted by Gasteiger charge is -2.22. The van der Waals surface area contributed by atoms with Crippen molar-refractivity contribution in [2.24, 2.45) is 11.1 Å². The predicted molar refractivity (Wildman–Crippen MR) is 51.8 cm³/mol. The van der Waals surface area contributed by atoms with Gasteiger partial charge in [-0.2, -0.15) is 0 Å². The Balaban J connectivity index is 3.49. The van der Waals surface area contributed by atoms with Crippen LogP contribution in [0.15, 0.2) is 0 Å². The average Bonchev–Trinajstić information content (AvgIpc) is 2.02. The summed E-state index contributed by atoms with van der Waals surface area (Å²) in [5.41, 5.74) is 4.99. The molecule has 14 heavy (non-hydrogen) atoms. The van der Waals surface area contributed by atoms with Crippen molar-refractivity contribution in [1.82, 2.24) is 0 Å². The normalized spacial score (nSPS) is 12.1. The number of hydrogen-bond donors (Lipinski definition) is 2. The Hall–Kier alpha value is -0.710. The maximum absolute atomic E-state index is 11.6. The van der Waals surface area contributed by atoms with Crippen LogP contribution in [0, 0.1) is 10.8 Å². The zero-order valence-electron chi connectivity index (χ0n) is 8.65. The van der Waals surface area contributed by atoms with E-state index in [2.05, 4.69) is 0 Å². The number of halogens is 2. The molecule has 0 saturated heterocycles. The highest BCUT2D eigenvalue weighted by Crippen LogP contribution is 2.21. The molecule has 0 rings (SSSR count). The smallest absolute Gasteiger partial charge is 0.261 e. The Morgan fingerprint density at radius 3 is 2.50 bits per heavy atom. The van der Waals surface area contributed by atoms with Crippen molar-refractivity contribution in [2.75, 3.05) is 13.2 Å². The highest BCUT2D eigenvalue weighted by molar-refractivity contribution is 5.82. The fourth-order valence-corrected chi connectivity index (χ4v) is 0.923. The van der Waals surface area contributed by atoms with Crippen LogP contribution in [0.1, 0.15) is 26.7 Å². The van der Waals surface area contributed by atoms with E-state index in [0.717, 1.165) is 0 Å². The van der Waals surface area contributed by atoms with E-state index >= 15 is 0 Å². The molecule has 0 atom stereocenters. The largest absolute Gasteiger partial charge is 0.387 e. The fraction of sp³-hybridized carbons (Fsp3) is 0.889. The first-order valence-electron chi connectivity index (χ1n) is 4.56. The Morgan fingerprint density at radius 2 is 2.07 bits per heavy atom. The molecule has 0 aliphatic heterocycles. The van der Waals surface area contributed by atoms with Crippen molar-refractivity contribution in [3.63, 3.8) is 0 Å². The van der Waals surface area contributed by atoms with Crippen LogP contribution in [-0.4, -0.2) is 25.5 Å². The Bertz CT molecular complexity index is 184. The summed E-state index contributed by atoms with van der Waals surface area (Å²) in [5.74, 6) is 0.117. The Kier molecular flexibility index (Phi) is 5.60. The first kappa shape index (κ1) is 13.3. The second-order valence-electron chi connectivity index (χ2n) is 3.87. The zero-order chi connectivity index (χ0) is 11.2. The van der Waals surface area contributed by atoms with E-state index in [1.54, 1.807) is 0 Å². The highest BCUT2D eigenvalue weighted by Gasteiger charge is 2.20. The van der Waals surface area contributed by atoms with Gasteiger partial charge in [0.15, 0.2) is 0 Å². The molecule has 0 aromatic rings. The molecule has 0 unspecified atom stereocenters. The van der Waals surface area contributed by atoms with Crippen LogP contribution in [0.2, 0.25) is 0 Å². The maximum Gasteiger partial charge on any atom is 0.261 e. The summed E-state index contributed by atoms with van der Waals surface area (Å²) in [6.45, 7) is 3.48. The van der Waals surface area contributed by atoms with Gasteiger partial charge in [-0.15, -0.1) is 0 Å². The Labute approximate surface area is 83.1 Å². The molecule has 0 fully saturated rings. The number of hydrogen-bond acceptors (Lipinski definition) is 2. The zero-order valence-corrected chi connectivity index (χ0v) is 8.65. The standard InChI is InChI=1S/C9H18F2N2O/c1-9(2,8(12)13)4-3-5-14-6-7(10)11/h7H,3-6H2,1-2H3,(H3,12,13). The average molecular weight is 208 g/mol. The first-order chi connectivity index (χ1) is 6.36. The van der Waals surface area contributed by atoms with Gasteiger partial charge < -0.3 is 10.5 Å². The molecule has 0 amide bonds. The lowest BCUT2D eigenvalue weighted by Crippen LogP contribution is -2.31. The van der Waals surface area contributed by atoms with Crippen LogP contribution in [0.25, 0.3) is 0 Å². The number of amidine groups is 1. The van der Waals surface area contributed by atoms with Gasteiger partial charge in [0.25, 0.3) is 6.43 Å². The van der Waals surface area contributed by atoms with E-state index in [1.807, 2.05) is 13.8 Å². The molecule has 0 saturated carbocycles. The summed E-state index contributed by atoms with van der Waals surface area (Å²) in [4.78, 5) is 0. The molecular weight excluding hydrogens is 190 g/mol. The monoisotopic (exact) mass is 208 g/mol. The fourth-order valence-electron chi connectivity index (χ4n) is 0.923. The van der Waals surface area contributed by atoms with Crippen molar-refractivity contribution in [3.05, 3.63) is 0 Å². The van der Waals surface area contributed by atoms with Crippen LogP contribution < -0.4 is 5.73 Å². The molecule has 0 bridgehead atoms. The summed E-state index contributed by atoms with van der Waals surface area (Å²) in [6, 6.07) is 0. The van der Waals surface area contributed by atoms with Crippen LogP contribution in [0.3, 0.4) is 0 Å². The third-order valence-corrected chi connectivity index (χ3v) is 2.06. The molecule has 3 nitrogen and oxygen atoms in total.